The van der Waals surface area contributed by atoms with Gasteiger partial charge in [-0.1, -0.05) is 0 Å². The minimum atomic E-state index is -4.23. The molecule has 5 nitrogen and oxygen atoms in total. The largest absolute Gasteiger partial charge is 0.465 e. The summed E-state index contributed by atoms with van der Waals surface area (Å²) in [5.41, 5.74) is -0.991. The molecule has 0 spiro atoms. The van der Waals surface area contributed by atoms with Crippen molar-refractivity contribution in [2.24, 2.45) is 0 Å². The van der Waals surface area contributed by atoms with Gasteiger partial charge in [0.25, 0.3) is 10.1 Å². The number of carbonyl (C=O) groups is 1. The zero-order valence-corrected chi connectivity index (χ0v) is 12.4. The maximum atomic E-state index is 13.7. The Morgan fingerprint density at radius 3 is 2.38 bits per heavy atom. The first-order valence-electron chi connectivity index (χ1n) is 5.85. The summed E-state index contributed by atoms with van der Waals surface area (Å²) in [6.07, 6.45) is -0.664. The van der Waals surface area contributed by atoms with Crippen molar-refractivity contribution in [2.45, 2.75) is 20.0 Å². The number of esters is 1. The number of rotatable bonds is 5. The normalized spacial score (nSPS) is 12.6. The van der Waals surface area contributed by atoms with E-state index in [2.05, 4.69) is 8.92 Å². The molecule has 0 fully saturated rings. The first-order chi connectivity index (χ1) is 9.66. The van der Waals surface area contributed by atoms with Crippen LogP contribution in [0.15, 0.2) is 23.6 Å². The molecule has 8 heteroatoms. The molecule has 0 radical (unpaired) electrons. The quantitative estimate of drug-likeness (QED) is 0.473. The van der Waals surface area contributed by atoms with Crippen molar-refractivity contribution in [1.82, 2.24) is 0 Å². The Balaban J connectivity index is 3.40. The van der Waals surface area contributed by atoms with Gasteiger partial charge in [-0.05, 0) is 26.0 Å². The predicted molar refractivity (Wildman–Crippen MR) is 71.5 cm³/mol. The van der Waals surface area contributed by atoms with Gasteiger partial charge >= 0.3 is 5.97 Å². The highest BCUT2D eigenvalue weighted by atomic mass is 32.2. The monoisotopic (exact) mass is 320 g/mol. The predicted octanol–water partition coefficient (Wildman–Crippen LogP) is 2.23. The fourth-order valence-corrected chi connectivity index (χ4v) is 2.58. The second-order valence-corrected chi connectivity index (χ2v) is 5.70. The Labute approximate surface area is 121 Å². The van der Waals surface area contributed by atoms with Crippen molar-refractivity contribution < 1.29 is 30.9 Å². The van der Waals surface area contributed by atoms with Gasteiger partial charge in [-0.2, -0.15) is 8.42 Å². The number of ether oxygens (including phenoxy) is 1. The molecular weight excluding hydrogens is 306 g/mol. The molecule has 21 heavy (non-hydrogen) atoms. The van der Waals surface area contributed by atoms with Crippen LogP contribution in [-0.4, -0.2) is 27.6 Å². The van der Waals surface area contributed by atoms with Crippen LogP contribution in [0.4, 0.5) is 8.78 Å². The van der Waals surface area contributed by atoms with E-state index in [0.29, 0.717) is 11.5 Å². The second-order valence-electron chi connectivity index (χ2n) is 4.29. The Morgan fingerprint density at radius 2 is 1.90 bits per heavy atom. The van der Waals surface area contributed by atoms with Gasteiger partial charge < -0.3 is 4.74 Å². The molecule has 0 amide bonds. The third-order valence-corrected chi connectivity index (χ3v) is 3.39. The highest BCUT2D eigenvalue weighted by Crippen LogP contribution is 2.22. The molecule has 0 bridgehead atoms. The van der Waals surface area contributed by atoms with E-state index in [4.69, 9.17) is 0 Å². The average Bonchev–Trinajstić information content (AvgIpc) is 2.34. The van der Waals surface area contributed by atoms with Crippen molar-refractivity contribution in [3.05, 3.63) is 40.8 Å². The van der Waals surface area contributed by atoms with Gasteiger partial charge in [0, 0.05) is 11.6 Å². The molecule has 1 aromatic carbocycles. The SMILES string of the molecule is COC(=O)/C(=C/S(=O)(=O)OC(C)C)c1ccc(F)cc1F. The number of hydrogen-bond donors (Lipinski definition) is 0. The number of hydrogen-bond acceptors (Lipinski definition) is 5. The van der Waals surface area contributed by atoms with Crippen LogP contribution in [0.25, 0.3) is 5.57 Å². The van der Waals surface area contributed by atoms with Crippen LogP contribution < -0.4 is 0 Å². The molecule has 0 saturated heterocycles. The maximum absolute atomic E-state index is 13.7. The minimum Gasteiger partial charge on any atom is -0.465 e. The zero-order chi connectivity index (χ0) is 16.2. The lowest BCUT2D eigenvalue weighted by Crippen LogP contribution is -2.13. The number of halogens is 2. The molecule has 0 N–H and O–H groups in total. The summed E-state index contributed by atoms with van der Waals surface area (Å²) in [5.74, 6) is -3.04. The van der Waals surface area contributed by atoms with Crippen LogP contribution in [0.2, 0.25) is 0 Å². The Morgan fingerprint density at radius 1 is 1.29 bits per heavy atom. The fourth-order valence-electron chi connectivity index (χ4n) is 1.48. The lowest BCUT2D eigenvalue weighted by atomic mass is 10.1. The third-order valence-electron chi connectivity index (χ3n) is 2.22. The summed E-state index contributed by atoms with van der Waals surface area (Å²) in [6, 6.07) is 2.37. The van der Waals surface area contributed by atoms with Crippen LogP contribution in [0.3, 0.4) is 0 Å². The Bertz CT molecular complexity index is 665. The van der Waals surface area contributed by atoms with Crippen LogP contribution in [0, 0.1) is 11.6 Å². The summed E-state index contributed by atoms with van der Waals surface area (Å²) in [5, 5.41) is 0.454. The molecule has 0 aromatic heterocycles. The molecule has 0 saturated carbocycles. The van der Waals surface area contributed by atoms with Gasteiger partial charge in [0.2, 0.25) is 0 Å². The van der Waals surface area contributed by atoms with E-state index in [9.17, 15) is 22.0 Å². The average molecular weight is 320 g/mol. The van der Waals surface area contributed by atoms with E-state index < -0.39 is 45.0 Å². The van der Waals surface area contributed by atoms with Crippen molar-refractivity contribution in [3.63, 3.8) is 0 Å². The second kappa shape index (κ2) is 6.77. The van der Waals surface area contributed by atoms with Crippen molar-refractivity contribution in [1.29, 1.82) is 0 Å². The van der Waals surface area contributed by atoms with Gasteiger partial charge in [-0.3, -0.25) is 4.18 Å². The van der Waals surface area contributed by atoms with Crippen molar-refractivity contribution in [2.75, 3.05) is 7.11 Å². The first kappa shape index (κ1) is 17.3. The van der Waals surface area contributed by atoms with Gasteiger partial charge in [-0.25, -0.2) is 13.6 Å². The van der Waals surface area contributed by atoms with Gasteiger partial charge in [0.15, 0.2) is 0 Å². The Hall–Kier alpha value is -1.80. The summed E-state index contributed by atoms with van der Waals surface area (Å²) < 4.78 is 59.1. The van der Waals surface area contributed by atoms with Crippen molar-refractivity contribution in [3.8, 4) is 0 Å². The smallest absolute Gasteiger partial charge is 0.339 e. The number of methoxy groups -OCH3 is 1. The fraction of sp³-hybridized carbons (Fsp3) is 0.308. The third kappa shape index (κ3) is 4.91. The number of benzene rings is 1. The molecule has 0 aliphatic carbocycles. The summed E-state index contributed by atoms with van der Waals surface area (Å²) in [7, 11) is -3.23. The van der Waals surface area contributed by atoms with E-state index in [1.54, 1.807) is 0 Å². The molecular formula is C13H14F2O5S. The van der Waals surface area contributed by atoms with E-state index in [-0.39, 0.29) is 0 Å². The van der Waals surface area contributed by atoms with Gasteiger partial charge in [-0.15, -0.1) is 0 Å². The lowest BCUT2D eigenvalue weighted by molar-refractivity contribution is -0.133. The zero-order valence-electron chi connectivity index (χ0n) is 11.6. The minimum absolute atomic E-state index is 0.404. The van der Waals surface area contributed by atoms with Crippen molar-refractivity contribution >= 4 is 21.7 Å². The molecule has 0 heterocycles. The van der Waals surface area contributed by atoms with Gasteiger partial charge in [0.05, 0.1) is 24.2 Å². The molecule has 0 aliphatic rings. The molecule has 0 aliphatic heterocycles. The topological polar surface area (TPSA) is 69.7 Å². The maximum Gasteiger partial charge on any atom is 0.339 e. The summed E-state index contributed by atoms with van der Waals surface area (Å²) in [6.45, 7) is 2.95. The molecule has 0 atom stereocenters. The summed E-state index contributed by atoms with van der Waals surface area (Å²) in [4.78, 5) is 11.6. The number of carbonyl (C=O) groups excluding carboxylic acids is 1. The highest BCUT2D eigenvalue weighted by molar-refractivity contribution is 7.90. The van der Waals surface area contributed by atoms with E-state index in [0.717, 1.165) is 19.2 Å². The standard InChI is InChI=1S/C13H14F2O5S/c1-8(2)20-21(17,18)7-11(13(16)19-3)10-5-4-9(14)6-12(10)15/h4-8H,1-3H3/b11-7+. The molecule has 1 rings (SSSR count). The van der Waals surface area contributed by atoms with E-state index in [1.165, 1.54) is 13.8 Å². The Kier molecular flexibility index (Phi) is 5.56. The first-order valence-corrected chi connectivity index (χ1v) is 7.32. The van der Waals surface area contributed by atoms with E-state index in [1.807, 2.05) is 0 Å². The lowest BCUT2D eigenvalue weighted by Gasteiger charge is -2.09. The molecule has 116 valence electrons. The highest BCUT2D eigenvalue weighted by Gasteiger charge is 2.22. The van der Waals surface area contributed by atoms with Crippen LogP contribution >= 0.6 is 0 Å². The van der Waals surface area contributed by atoms with Crippen LogP contribution in [-0.2, 0) is 23.8 Å². The summed E-state index contributed by atoms with van der Waals surface area (Å²) >= 11 is 0. The molecule has 0 unspecified atom stereocenters. The van der Waals surface area contributed by atoms with Crippen LogP contribution in [0.1, 0.15) is 19.4 Å². The van der Waals surface area contributed by atoms with Gasteiger partial charge in [0.1, 0.15) is 11.6 Å². The molecule has 1 aromatic rings. The van der Waals surface area contributed by atoms with E-state index >= 15 is 0 Å². The van der Waals surface area contributed by atoms with Crippen LogP contribution in [0.5, 0.6) is 0 Å².